The van der Waals surface area contributed by atoms with Crippen LogP contribution < -0.4 is 4.74 Å². The first kappa shape index (κ1) is 22.0. The van der Waals surface area contributed by atoms with Crippen LogP contribution in [0.2, 0.25) is 0 Å². The third-order valence-electron chi connectivity index (χ3n) is 4.87. The Morgan fingerprint density at radius 3 is 2.50 bits per heavy atom. The quantitative estimate of drug-likeness (QED) is 0.488. The third-order valence-corrected chi connectivity index (χ3v) is 5.74. The van der Waals surface area contributed by atoms with E-state index in [4.69, 9.17) is 9.26 Å². The van der Waals surface area contributed by atoms with E-state index in [1.165, 1.54) is 5.56 Å². The van der Waals surface area contributed by atoms with Crippen molar-refractivity contribution in [2.45, 2.75) is 59.1 Å². The van der Waals surface area contributed by atoms with Crippen LogP contribution in [-0.4, -0.2) is 33.6 Å². The summed E-state index contributed by atoms with van der Waals surface area (Å²) in [6.45, 7) is 11.2. The fourth-order valence-corrected chi connectivity index (χ4v) is 3.69. The molecule has 0 fully saturated rings. The van der Waals surface area contributed by atoms with Crippen molar-refractivity contribution < 1.29 is 14.1 Å². The second kappa shape index (κ2) is 9.43. The van der Waals surface area contributed by atoms with E-state index in [9.17, 15) is 4.79 Å². The van der Waals surface area contributed by atoms with Gasteiger partial charge in [-0.1, -0.05) is 51.1 Å². The Kier molecular flexibility index (Phi) is 6.92. The van der Waals surface area contributed by atoms with Gasteiger partial charge < -0.3 is 14.2 Å². The molecule has 1 atom stereocenters. The van der Waals surface area contributed by atoms with Gasteiger partial charge >= 0.3 is 0 Å². The van der Waals surface area contributed by atoms with Gasteiger partial charge in [-0.05, 0) is 47.9 Å². The molecule has 3 rings (SSSR count). The lowest BCUT2D eigenvalue weighted by Crippen LogP contribution is -2.41. The predicted molar refractivity (Wildman–Crippen MR) is 119 cm³/mol. The van der Waals surface area contributed by atoms with E-state index in [1.807, 2.05) is 43.5 Å². The van der Waals surface area contributed by atoms with Gasteiger partial charge in [0.15, 0.2) is 6.10 Å². The topological polar surface area (TPSA) is 68.5 Å². The number of likely N-dealkylation sites (N-methyl/N-ethyl adjacent to an activating group) is 1. The molecule has 0 saturated heterocycles. The monoisotopic (exact) mass is 427 g/mol. The molecule has 6 nitrogen and oxygen atoms in total. The van der Waals surface area contributed by atoms with Gasteiger partial charge in [-0.15, -0.1) is 11.3 Å². The molecule has 0 aliphatic rings. The summed E-state index contributed by atoms with van der Waals surface area (Å²) in [5, 5.41) is 5.98. The molecule has 1 amide bonds. The molecule has 0 spiro atoms. The number of hydrogen-bond acceptors (Lipinski definition) is 6. The van der Waals surface area contributed by atoms with Crippen molar-refractivity contribution in [1.82, 2.24) is 15.0 Å². The van der Waals surface area contributed by atoms with Gasteiger partial charge in [0.1, 0.15) is 12.3 Å². The molecule has 160 valence electrons. The Bertz CT molecular complexity index is 943. The number of ether oxygens (including phenoxy) is 1. The molecule has 0 N–H and O–H groups in total. The van der Waals surface area contributed by atoms with Crippen molar-refractivity contribution in [3.05, 3.63) is 53.2 Å². The summed E-state index contributed by atoms with van der Waals surface area (Å²) in [5.74, 6) is 1.57. The van der Waals surface area contributed by atoms with Crippen LogP contribution in [0.1, 0.15) is 52.5 Å². The lowest BCUT2D eigenvalue weighted by Gasteiger charge is -2.25. The molecule has 0 aliphatic carbocycles. The lowest BCUT2D eigenvalue weighted by atomic mass is 9.87. The van der Waals surface area contributed by atoms with Crippen LogP contribution in [0.4, 0.5) is 0 Å². The average Bonchev–Trinajstić information content (AvgIpc) is 3.41. The summed E-state index contributed by atoms with van der Waals surface area (Å²) in [4.78, 5) is 20.1. The fourth-order valence-electron chi connectivity index (χ4n) is 3.04. The largest absolute Gasteiger partial charge is 0.481 e. The van der Waals surface area contributed by atoms with Crippen molar-refractivity contribution in [3.63, 3.8) is 0 Å². The maximum atomic E-state index is 13.1. The van der Waals surface area contributed by atoms with Gasteiger partial charge in [0, 0.05) is 6.54 Å². The van der Waals surface area contributed by atoms with Crippen molar-refractivity contribution in [2.24, 2.45) is 0 Å². The molecule has 0 bridgehead atoms. The smallest absolute Gasteiger partial charge is 0.264 e. The first-order valence-electron chi connectivity index (χ1n) is 10.2. The van der Waals surface area contributed by atoms with Gasteiger partial charge in [-0.2, -0.15) is 4.98 Å². The highest BCUT2D eigenvalue weighted by Crippen LogP contribution is 2.25. The van der Waals surface area contributed by atoms with Crippen LogP contribution >= 0.6 is 11.3 Å². The number of hydrogen-bond donors (Lipinski definition) is 0. The summed E-state index contributed by atoms with van der Waals surface area (Å²) in [6.07, 6.45) is 0.00537. The molecule has 30 heavy (non-hydrogen) atoms. The minimum atomic E-state index is -0.565. The number of nitrogens with zero attached hydrogens (tertiary/aromatic N) is 3. The highest BCUT2D eigenvalue weighted by molar-refractivity contribution is 7.13. The van der Waals surface area contributed by atoms with E-state index >= 15 is 0 Å². The predicted octanol–water partition coefficient (Wildman–Crippen LogP) is 5.30. The van der Waals surface area contributed by atoms with Crippen molar-refractivity contribution >= 4 is 17.2 Å². The maximum Gasteiger partial charge on any atom is 0.264 e. The normalized spacial score (nSPS) is 12.6. The van der Waals surface area contributed by atoms with Crippen LogP contribution in [0.3, 0.4) is 0 Å². The van der Waals surface area contributed by atoms with Gasteiger partial charge in [0.05, 0.1) is 4.88 Å². The average molecular weight is 428 g/mol. The van der Waals surface area contributed by atoms with Crippen molar-refractivity contribution in [3.8, 4) is 16.5 Å². The SMILES string of the molecule is CC[C@@H](Oc1ccc(C(C)(C)C)cc1)C(=O)N(CC)Cc1nc(-c2cccs2)no1. The molecular formula is C23H29N3O3S. The number of rotatable bonds is 8. The minimum absolute atomic E-state index is 0.0730. The summed E-state index contributed by atoms with van der Waals surface area (Å²) < 4.78 is 11.4. The molecule has 3 aromatic rings. The number of amides is 1. The summed E-state index contributed by atoms with van der Waals surface area (Å²) >= 11 is 1.55. The van der Waals surface area contributed by atoms with E-state index in [0.717, 1.165) is 4.88 Å². The van der Waals surface area contributed by atoms with Crippen LogP contribution in [0.15, 0.2) is 46.3 Å². The number of thiophene rings is 1. The Labute approximate surface area is 181 Å². The molecule has 0 saturated carbocycles. The number of carbonyl (C=O) groups is 1. The van der Waals surface area contributed by atoms with Gasteiger partial charge in [-0.25, -0.2) is 0 Å². The number of carbonyl (C=O) groups excluding carboxylic acids is 1. The van der Waals surface area contributed by atoms with Gasteiger partial charge in [0.2, 0.25) is 11.7 Å². The number of aromatic nitrogens is 2. The molecule has 1 aromatic carbocycles. The molecule has 2 heterocycles. The molecule has 7 heteroatoms. The Morgan fingerprint density at radius 1 is 1.20 bits per heavy atom. The zero-order valence-electron chi connectivity index (χ0n) is 18.2. The lowest BCUT2D eigenvalue weighted by molar-refractivity contribution is -0.139. The van der Waals surface area contributed by atoms with E-state index in [2.05, 4.69) is 43.0 Å². The molecule has 2 aromatic heterocycles. The number of benzene rings is 1. The zero-order chi connectivity index (χ0) is 21.7. The highest BCUT2D eigenvalue weighted by Gasteiger charge is 2.26. The fraction of sp³-hybridized carbons (Fsp3) is 0.435. The van der Waals surface area contributed by atoms with Crippen LogP contribution in [0, 0.1) is 0 Å². The maximum absolute atomic E-state index is 13.1. The van der Waals surface area contributed by atoms with E-state index < -0.39 is 6.10 Å². The van der Waals surface area contributed by atoms with Crippen LogP contribution in [0.5, 0.6) is 5.75 Å². The molecule has 0 radical (unpaired) electrons. The second-order valence-corrected chi connectivity index (χ2v) is 9.08. The van der Waals surface area contributed by atoms with Crippen LogP contribution in [0.25, 0.3) is 10.7 Å². The van der Waals surface area contributed by atoms with Crippen molar-refractivity contribution in [2.75, 3.05) is 6.54 Å². The summed E-state index contributed by atoms with van der Waals surface area (Å²) in [5.41, 5.74) is 1.30. The highest BCUT2D eigenvalue weighted by atomic mass is 32.1. The van der Waals surface area contributed by atoms with Gasteiger partial charge in [-0.3, -0.25) is 4.79 Å². The second-order valence-electron chi connectivity index (χ2n) is 8.13. The van der Waals surface area contributed by atoms with E-state index in [-0.39, 0.29) is 17.9 Å². The third kappa shape index (κ3) is 5.27. The zero-order valence-corrected chi connectivity index (χ0v) is 19.0. The standard InChI is InChI=1S/C23H29N3O3S/c1-6-18(28-17-12-10-16(11-13-17)23(3,4)5)22(27)26(7-2)15-20-24-21(25-29-20)19-9-8-14-30-19/h8-14,18H,6-7,15H2,1-5H3/t18-/m1/s1. The summed E-state index contributed by atoms with van der Waals surface area (Å²) in [6, 6.07) is 11.8. The Hall–Kier alpha value is -2.67. The Morgan fingerprint density at radius 2 is 1.93 bits per heavy atom. The Balaban J connectivity index is 1.67. The minimum Gasteiger partial charge on any atom is -0.481 e. The molecule has 0 unspecified atom stereocenters. The summed E-state index contributed by atoms with van der Waals surface area (Å²) in [7, 11) is 0. The van der Waals surface area contributed by atoms with Crippen LogP contribution in [-0.2, 0) is 16.8 Å². The van der Waals surface area contributed by atoms with Gasteiger partial charge in [0.25, 0.3) is 5.91 Å². The molecular weight excluding hydrogens is 398 g/mol. The van der Waals surface area contributed by atoms with Crippen molar-refractivity contribution in [1.29, 1.82) is 0 Å². The van der Waals surface area contributed by atoms with E-state index in [0.29, 0.717) is 30.4 Å². The first-order chi connectivity index (χ1) is 14.3. The molecule has 0 aliphatic heterocycles. The van der Waals surface area contributed by atoms with E-state index in [1.54, 1.807) is 16.2 Å². The first-order valence-corrected chi connectivity index (χ1v) is 11.1.